The zero-order valence-electron chi connectivity index (χ0n) is 10.9. The summed E-state index contributed by atoms with van der Waals surface area (Å²) in [5.41, 5.74) is 2.18. The highest BCUT2D eigenvalue weighted by atomic mass is 35.5. The van der Waals surface area contributed by atoms with Gasteiger partial charge in [0.2, 0.25) is 17.2 Å². The summed E-state index contributed by atoms with van der Waals surface area (Å²) in [7, 11) is 0. The molecule has 0 fully saturated rings. The average molecular weight is 278 g/mol. The summed E-state index contributed by atoms with van der Waals surface area (Å²) < 4.78 is 0. The van der Waals surface area contributed by atoms with Crippen molar-refractivity contribution in [3.63, 3.8) is 0 Å². The number of hydrogen-bond donors (Lipinski definition) is 2. The van der Waals surface area contributed by atoms with Crippen LogP contribution in [0.5, 0.6) is 0 Å². The SMILES string of the molecule is CCNc1nc(Cl)nc(Nc2ccccc2CC)n1. The molecule has 0 atom stereocenters. The molecule has 1 aromatic heterocycles. The van der Waals surface area contributed by atoms with Crippen LogP contribution < -0.4 is 10.6 Å². The van der Waals surface area contributed by atoms with Gasteiger partial charge in [-0.25, -0.2) is 0 Å². The standard InChI is InChI=1S/C13H16ClN5/c1-3-9-7-5-6-8-10(9)16-13-18-11(14)17-12(19-13)15-4-2/h5-8H,3-4H2,1-2H3,(H2,15,16,17,18,19). The van der Waals surface area contributed by atoms with Crippen LogP contribution in [0.15, 0.2) is 24.3 Å². The minimum Gasteiger partial charge on any atom is -0.354 e. The fourth-order valence-electron chi connectivity index (χ4n) is 1.71. The van der Waals surface area contributed by atoms with E-state index in [4.69, 9.17) is 11.6 Å². The Balaban J connectivity index is 2.27. The van der Waals surface area contributed by atoms with Crippen molar-refractivity contribution in [1.29, 1.82) is 0 Å². The second-order valence-electron chi connectivity index (χ2n) is 3.92. The van der Waals surface area contributed by atoms with Gasteiger partial charge in [0.1, 0.15) is 0 Å². The van der Waals surface area contributed by atoms with Crippen LogP contribution in [-0.2, 0) is 6.42 Å². The molecule has 6 heteroatoms. The number of nitrogens with one attached hydrogen (secondary N) is 2. The summed E-state index contributed by atoms with van der Waals surface area (Å²) in [6.07, 6.45) is 0.933. The first kappa shape index (κ1) is 13.5. The normalized spacial score (nSPS) is 10.3. The molecule has 2 aromatic rings. The fraction of sp³-hybridized carbons (Fsp3) is 0.308. The topological polar surface area (TPSA) is 62.7 Å². The fourth-order valence-corrected chi connectivity index (χ4v) is 1.87. The van der Waals surface area contributed by atoms with E-state index in [1.165, 1.54) is 5.56 Å². The van der Waals surface area contributed by atoms with Crippen molar-refractivity contribution in [3.8, 4) is 0 Å². The summed E-state index contributed by atoms with van der Waals surface area (Å²) in [5, 5.41) is 6.36. The number of hydrogen-bond acceptors (Lipinski definition) is 5. The number of nitrogens with zero attached hydrogens (tertiary/aromatic N) is 3. The lowest BCUT2D eigenvalue weighted by Gasteiger charge is -2.10. The van der Waals surface area contributed by atoms with Gasteiger partial charge in [0.25, 0.3) is 0 Å². The highest BCUT2D eigenvalue weighted by molar-refractivity contribution is 6.28. The first-order valence-corrected chi connectivity index (χ1v) is 6.61. The molecule has 2 N–H and O–H groups in total. The molecule has 1 heterocycles. The Morgan fingerprint density at radius 1 is 1.05 bits per heavy atom. The Morgan fingerprint density at radius 2 is 1.79 bits per heavy atom. The first-order chi connectivity index (χ1) is 9.22. The maximum absolute atomic E-state index is 5.88. The molecular formula is C13H16ClN5. The quantitative estimate of drug-likeness (QED) is 0.878. The minimum absolute atomic E-state index is 0.169. The first-order valence-electron chi connectivity index (χ1n) is 6.23. The van der Waals surface area contributed by atoms with Gasteiger partial charge in [-0.3, -0.25) is 0 Å². The van der Waals surface area contributed by atoms with Gasteiger partial charge in [-0.1, -0.05) is 25.1 Å². The van der Waals surface area contributed by atoms with Crippen LogP contribution in [0.4, 0.5) is 17.6 Å². The lowest BCUT2D eigenvalue weighted by molar-refractivity contribution is 1.02. The third-order valence-corrected chi connectivity index (χ3v) is 2.76. The summed E-state index contributed by atoms with van der Waals surface area (Å²) in [6, 6.07) is 8.03. The molecule has 0 amide bonds. The number of para-hydroxylation sites is 1. The van der Waals surface area contributed by atoms with Gasteiger partial charge < -0.3 is 10.6 Å². The van der Waals surface area contributed by atoms with E-state index in [1.54, 1.807) is 0 Å². The number of aromatic nitrogens is 3. The maximum Gasteiger partial charge on any atom is 0.233 e. The molecule has 19 heavy (non-hydrogen) atoms. The molecule has 0 aliphatic rings. The number of aryl methyl sites for hydroxylation is 1. The predicted molar refractivity (Wildman–Crippen MR) is 78.1 cm³/mol. The molecule has 5 nitrogen and oxygen atoms in total. The van der Waals surface area contributed by atoms with Gasteiger partial charge in [0, 0.05) is 12.2 Å². The third kappa shape index (κ3) is 3.54. The molecule has 0 saturated carbocycles. The monoisotopic (exact) mass is 277 g/mol. The van der Waals surface area contributed by atoms with Crippen molar-refractivity contribution in [2.24, 2.45) is 0 Å². The van der Waals surface area contributed by atoms with E-state index in [9.17, 15) is 0 Å². The Labute approximate surface area is 117 Å². The molecule has 0 aliphatic carbocycles. The Bertz CT molecular complexity index is 558. The molecule has 0 spiro atoms. The molecule has 1 aromatic carbocycles. The van der Waals surface area contributed by atoms with Crippen LogP contribution in [0.1, 0.15) is 19.4 Å². The van der Waals surface area contributed by atoms with Crippen LogP contribution in [0.25, 0.3) is 0 Å². The van der Waals surface area contributed by atoms with Crippen LogP contribution in [-0.4, -0.2) is 21.5 Å². The Hall–Kier alpha value is -1.88. The van der Waals surface area contributed by atoms with E-state index >= 15 is 0 Å². The third-order valence-electron chi connectivity index (χ3n) is 2.59. The molecule has 0 aliphatic heterocycles. The van der Waals surface area contributed by atoms with Gasteiger partial charge in [-0.05, 0) is 36.6 Å². The zero-order chi connectivity index (χ0) is 13.7. The lowest BCUT2D eigenvalue weighted by atomic mass is 10.1. The second-order valence-corrected chi connectivity index (χ2v) is 4.26. The molecule has 100 valence electrons. The van der Waals surface area contributed by atoms with Gasteiger partial charge in [0.05, 0.1) is 0 Å². The number of rotatable bonds is 5. The highest BCUT2D eigenvalue weighted by Crippen LogP contribution is 2.20. The zero-order valence-corrected chi connectivity index (χ0v) is 11.7. The van der Waals surface area contributed by atoms with Crippen molar-refractivity contribution in [3.05, 3.63) is 35.1 Å². The largest absolute Gasteiger partial charge is 0.354 e. The molecular weight excluding hydrogens is 262 g/mol. The van der Waals surface area contributed by atoms with Crippen LogP contribution >= 0.6 is 11.6 Å². The molecule has 0 unspecified atom stereocenters. The smallest absolute Gasteiger partial charge is 0.233 e. The van der Waals surface area contributed by atoms with E-state index in [2.05, 4.69) is 38.6 Å². The van der Waals surface area contributed by atoms with Crippen molar-refractivity contribution in [2.45, 2.75) is 20.3 Å². The summed E-state index contributed by atoms with van der Waals surface area (Å²) in [6.45, 7) is 4.80. The molecule has 0 saturated heterocycles. The predicted octanol–water partition coefficient (Wildman–Crippen LogP) is 3.26. The van der Waals surface area contributed by atoms with Crippen LogP contribution in [0, 0.1) is 0 Å². The van der Waals surface area contributed by atoms with Crippen molar-refractivity contribution < 1.29 is 0 Å². The van der Waals surface area contributed by atoms with Crippen LogP contribution in [0.3, 0.4) is 0 Å². The number of halogens is 1. The lowest BCUT2D eigenvalue weighted by Crippen LogP contribution is -2.07. The molecule has 0 bridgehead atoms. The average Bonchev–Trinajstić information content (AvgIpc) is 2.39. The highest BCUT2D eigenvalue weighted by Gasteiger charge is 2.06. The van der Waals surface area contributed by atoms with Gasteiger partial charge in [-0.15, -0.1) is 0 Å². The Morgan fingerprint density at radius 3 is 2.53 bits per heavy atom. The van der Waals surface area contributed by atoms with Gasteiger partial charge >= 0.3 is 0 Å². The van der Waals surface area contributed by atoms with E-state index in [0.29, 0.717) is 11.9 Å². The van der Waals surface area contributed by atoms with Crippen LogP contribution in [0.2, 0.25) is 5.28 Å². The minimum atomic E-state index is 0.169. The molecule has 2 rings (SSSR count). The summed E-state index contributed by atoms with van der Waals surface area (Å²) in [5.74, 6) is 0.913. The number of benzene rings is 1. The van der Waals surface area contributed by atoms with Gasteiger partial charge in [0.15, 0.2) is 0 Å². The number of anilines is 3. The Kier molecular flexibility index (Phi) is 4.52. The van der Waals surface area contributed by atoms with E-state index in [1.807, 2.05) is 25.1 Å². The molecule has 0 radical (unpaired) electrons. The van der Waals surface area contributed by atoms with Crippen molar-refractivity contribution in [1.82, 2.24) is 15.0 Å². The summed E-state index contributed by atoms with van der Waals surface area (Å²) >= 11 is 5.88. The maximum atomic E-state index is 5.88. The van der Waals surface area contributed by atoms with E-state index in [-0.39, 0.29) is 5.28 Å². The van der Waals surface area contributed by atoms with Crippen molar-refractivity contribution >= 4 is 29.2 Å². The van der Waals surface area contributed by atoms with E-state index < -0.39 is 0 Å². The van der Waals surface area contributed by atoms with Crippen molar-refractivity contribution in [2.75, 3.05) is 17.2 Å². The summed E-state index contributed by atoms with van der Waals surface area (Å²) in [4.78, 5) is 12.3. The van der Waals surface area contributed by atoms with E-state index in [0.717, 1.165) is 18.7 Å². The second kappa shape index (κ2) is 6.33. The van der Waals surface area contributed by atoms with Gasteiger partial charge in [-0.2, -0.15) is 15.0 Å².